The number of carbonyl (C=O) groups excluding carboxylic acids is 2. The van der Waals surface area contributed by atoms with E-state index in [4.69, 9.17) is 0 Å². The van der Waals surface area contributed by atoms with E-state index in [1.165, 1.54) is 12.8 Å². The van der Waals surface area contributed by atoms with Crippen LogP contribution in [0.1, 0.15) is 57.5 Å². The Kier molecular flexibility index (Phi) is 5.17. The monoisotopic (exact) mass is 336 g/mol. The van der Waals surface area contributed by atoms with Gasteiger partial charge < -0.3 is 10.6 Å². The van der Waals surface area contributed by atoms with E-state index >= 15 is 0 Å². The molecule has 2 aromatic carbocycles. The molecule has 0 unspecified atom stereocenters. The van der Waals surface area contributed by atoms with Gasteiger partial charge in [-0.15, -0.1) is 0 Å². The molecule has 0 atom stereocenters. The average molecular weight is 336 g/mol. The van der Waals surface area contributed by atoms with E-state index in [2.05, 4.69) is 10.6 Å². The first-order chi connectivity index (χ1) is 12.0. The summed E-state index contributed by atoms with van der Waals surface area (Å²) in [6.45, 7) is 3.99. The number of hydrogen-bond donors (Lipinski definition) is 2. The molecular formula is C21H24N2O2. The summed E-state index contributed by atoms with van der Waals surface area (Å²) in [5.41, 5.74) is 3.97. The van der Waals surface area contributed by atoms with Crippen molar-refractivity contribution in [1.82, 2.24) is 5.32 Å². The second kappa shape index (κ2) is 7.51. The Balaban J connectivity index is 1.71. The number of hydrogen-bond acceptors (Lipinski definition) is 2. The van der Waals surface area contributed by atoms with Crippen molar-refractivity contribution >= 4 is 17.5 Å². The molecule has 0 aliphatic heterocycles. The minimum absolute atomic E-state index is 0.104. The van der Waals surface area contributed by atoms with Gasteiger partial charge in [-0.1, -0.05) is 36.6 Å². The van der Waals surface area contributed by atoms with Crippen LogP contribution in [-0.4, -0.2) is 17.9 Å². The molecule has 1 saturated carbocycles. The number of carbonyl (C=O) groups is 2. The first-order valence-corrected chi connectivity index (χ1v) is 8.82. The van der Waals surface area contributed by atoms with Gasteiger partial charge in [-0.3, -0.25) is 9.59 Å². The average Bonchev–Trinajstić information content (AvgIpc) is 3.10. The van der Waals surface area contributed by atoms with E-state index in [0.29, 0.717) is 11.1 Å². The number of rotatable bonds is 4. The van der Waals surface area contributed by atoms with E-state index in [0.717, 1.165) is 29.7 Å². The summed E-state index contributed by atoms with van der Waals surface area (Å²) in [6.07, 6.45) is 4.42. The fourth-order valence-electron chi connectivity index (χ4n) is 3.29. The van der Waals surface area contributed by atoms with E-state index in [1.54, 1.807) is 24.3 Å². The van der Waals surface area contributed by atoms with Crippen molar-refractivity contribution < 1.29 is 9.59 Å². The Morgan fingerprint density at radius 3 is 2.28 bits per heavy atom. The second-order valence-electron chi connectivity index (χ2n) is 6.81. The van der Waals surface area contributed by atoms with Crippen LogP contribution in [0, 0.1) is 13.8 Å². The molecule has 2 amide bonds. The van der Waals surface area contributed by atoms with Gasteiger partial charge in [0.1, 0.15) is 0 Å². The predicted molar refractivity (Wildman–Crippen MR) is 100 cm³/mol. The van der Waals surface area contributed by atoms with Crippen molar-refractivity contribution in [2.75, 3.05) is 5.32 Å². The highest BCUT2D eigenvalue weighted by Gasteiger charge is 2.18. The molecule has 0 heterocycles. The molecule has 25 heavy (non-hydrogen) atoms. The fraction of sp³-hybridized carbons (Fsp3) is 0.333. The Morgan fingerprint density at radius 2 is 1.60 bits per heavy atom. The van der Waals surface area contributed by atoms with Crippen LogP contribution in [0.2, 0.25) is 0 Å². The topological polar surface area (TPSA) is 58.2 Å². The van der Waals surface area contributed by atoms with Gasteiger partial charge in [-0.2, -0.15) is 0 Å². The SMILES string of the molecule is Cc1ccc(NC(=O)c2cccc(C(=O)NC3CCCC3)c2)c(C)c1. The van der Waals surface area contributed by atoms with Crippen LogP contribution < -0.4 is 10.6 Å². The lowest BCUT2D eigenvalue weighted by atomic mass is 10.1. The predicted octanol–water partition coefficient (Wildman–Crippen LogP) is 4.23. The van der Waals surface area contributed by atoms with E-state index < -0.39 is 0 Å². The van der Waals surface area contributed by atoms with Gasteiger partial charge in [0.2, 0.25) is 0 Å². The van der Waals surface area contributed by atoms with Crippen LogP contribution in [-0.2, 0) is 0 Å². The highest BCUT2D eigenvalue weighted by molar-refractivity contribution is 6.06. The third kappa shape index (κ3) is 4.27. The first-order valence-electron chi connectivity index (χ1n) is 8.82. The molecule has 4 heteroatoms. The molecule has 0 radical (unpaired) electrons. The van der Waals surface area contributed by atoms with Crippen molar-refractivity contribution in [3.05, 3.63) is 64.7 Å². The number of anilines is 1. The highest BCUT2D eigenvalue weighted by Crippen LogP contribution is 2.19. The second-order valence-corrected chi connectivity index (χ2v) is 6.81. The third-order valence-corrected chi connectivity index (χ3v) is 4.71. The van der Waals surface area contributed by atoms with Gasteiger partial charge in [0, 0.05) is 22.9 Å². The summed E-state index contributed by atoms with van der Waals surface area (Å²) in [6, 6.07) is 13.0. The van der Waals surface area contributed by atoms with Crippen molar-refractivity contribution in [3.8, 4) is 0 Å². The summed E-state index contributed by atoms with van der Waals surface area (Å²) in [5, 5.41) is 5.98. The number of amides is 2. The van der Waals surface area contributed by atoms with Crippen molar-refractivity contribution in [3.63, 3.8) is 0 Å². The summed E-state index contributed by atoms with van der Waals surface area (Å²) in [7, 11) is 0. The van der Waals surface area contributed by atoms with E-state index in [1.807, 2.05) is 32.0 Å². The van der Waals surface area contributed by atoms with Crippen molar-refractivity contribution in [2.45, 2.75) is 45.6 Å². The molecule has 0 aromatic heterocycles. The molecular weight excluding hydrogens is 312 g/mol. The zero-order chi connectivity index (χ0) is 17.8. The van der Waals surface area contributed by atoms with Crippen LogP contribution in [0.5, 0.6) is 0 Å². The van der Waals surface area contributed by atoms with E-state index in [-0.39, 0.29) is 17.9 Å². The number of nitrogens with one attached hydrogen (secondary N) is 2. The quantitative estimate of drug-likeness (QED) is 0.878. The molecule has 3 rings (SSSR count). The van der Waals surface area contributed by atoms with Crippen LogP contribution in [0.3, 0.4) is 0 Å². The molecule has 130 valence electrons. The maximum atomic E-state index is 12.5. The standard InChI is InChI=1S/C21H24N2O2/c1-14-10-11-19(15(2)12-14)23-21(25)17-7-5-6-16(13-17)20(24)22-18-8-3-4-9-18/h5-7,10-13,18H,3-4,8-9H2,1-2H3,(H,22,24)(H,23,25). The molecule has 1 aliphatic carbocycles. The van der Waals surface area contributed by atoms with Gasteiger partial charge in [0.25, 0.3) is 11.8 Å². The minimum Gasteiger partial charge on any atom is -0.349 e. The number of benzene rings is 2. The van der Waals surface area contributed by atoms with Crippen LogP contribution >= 0.6 is 0 Å². The summed E-state index contributed by atoms with van der Waals surface area (Å²) >= 11 is 0. The Morgan fingerprint density at radius 1 is 0.920 bits per heavy atom. The van der Waals surface area contributed by atoms with Gasteiger partial charge in [0.05, 0.1) is 0 Å². The Bertz CT molecular complexity index is 792. The lowest BCUT2D eigenvalue weighted by molar-refractivity contribution is 0.0938. The van der Waals surface area contributed by atoms with Gasteiger partial charge in [0.15, 0.2) is 0 Å². The normalized spacial score (nSPS) is 14.3. The minimum atomic E-state index is -0.206. The molecule has 1 aliphatic rings. The summed E-state index contributed by atoms with van der Waals surface area (Å²) < 4.78 is 0. The van der Waals surface area contributed by atoms with Crippen molar-refractivity contribution in [1.29, 1.82) is 0 Å². The third-order valence-electron chi connectivity index (χ3n) is 4.71. The van der Waals surface area contributed by atoms with Gasteiger partial charge in [-0.05, 0) is 56.5 Å². The first kappa shape index (κ1) is 17.2. The molecule has 0 spiro atoms. The maximum Gasteiger partial charge on any atom is 0.255 e. The Labute approximate surface area is 148 Å². The van der Waals surface area contributed by atoms with Gasteiger partial charge in [-0.25, -0.2) is 0 Å². The van der Waals surface area contributed by atoms with E-state index in [9.17, 15) is 9.59 Å². The molecule has 2 N–H and O–H groups in total. The zero-order valence-corrected chi connectivity index (χ0v) is 14.8. The largest absolute Gasteiger partial charge is 0.349 e. The lowest BCUT2D eigenvalue weighted by Gasteiger charge is -2.13. The zero-order valence-electron chi connectivity index (χ0n) is 14.8. The highest BCUT2D eigenvalue weighted by atomic mass is 16.2. The smallest absolute Gasteiger partial charge is 0.255 e. The van der Waals surface area contributed by atoms with Gasteiger partial charge >= 0.3 is 0 Å². The number of aryl methyl sites for hydroxylation is 2. The van der Waals surface area contributed by atoms with Crippen LogP contribution in [0.4, 0.5) is 5.69 Å². The van der Waals surface area contributed by atoms with Crippen LogP contribution in [0.25, 0.3) is 0 Å². The van der Waals surface area contributed by atoms with Crippen molar-refractivity contribution in [2.24, 2.45) is 0 Å². The molecule has 4 nitrogen and oxygen atoms in total. The maximum absolute atomic E-state index is 12.5. The molecule has 1 fully saturated rings. The summed E-state index contributed by atoms with van der Waals surface area (Å²) in [5.74, 6) is -0.310. The summed E-state index contributed by atoms with van der Waals surface area (Å²) in [4.78, 5) is 24.9. The molecule has 0 saturated heterocycles. The lowest BCUT2D eigenvalue weighted by Crippen LogP contribution is -2.32. The molecule has 2 aromatic rings. The Hall–Kier alpha value is -2.62. The fourth-order valence-corrected chi connectivity index (χ4v) is 3.29. The van der Waals surface area contributed by atoms with Crippen LogP contribution in [0.15, 0.2) is 42.5 Å². The molecule has 0 bridgehead atoms.